The number of aromatic nitrogens is 2. The summed E-state index contributed by atoms with van der Waals surface area (Å²) in [6, 6.07) is 3.99. The van der Waals surface area contributed by atoms with E-state index in [0.717, 1.165) is 0 Å². The zero-order chi connectivity index (χ0) is 12.6. The number of aliphatic hydroxyl groups excluding tert-OH is 1. The van der Waals surface area contributed by atoms with Gasteiger partial charge in [-0.25, -0.2) is 9.37 Å². The fraction of sp³-hybridized carbons (Fsp3) is 0.417. The number of nitrogens with two attached hydrogens (primary N) is 1. The van der Waals surface area contributed by atoms with E-state index in [-0.39, 0.29) is 18.5 Å². The van der Waals surface area contributed by atoms with Crippen LogP contribution in [0.5, 0.6) is 0 Å². The molecule has 3 N–H and O–H groups in total. The Morgan fingerprint density at radius 3 is 2.76 bits per heavy atom. The summed E-state index contributed by atoms with van der Waals surface area (Å²) in [6.45, 7) is 3.76. The normalized spacial score (nSPS) is 13.5. The Morgan fingerprint density at radius 2 is 2.18 bits per heavy atom. The molecule has 0 aliphatic carbocycles. The molecule has 0 fully saturated rings. The minimum absolute atomic E-state index is 0.106. The van der Waals surface area contributed by atoms with Gasteiger partial charge in [-0.15, -0.1) is 0 Å². The minimum atomic E-state index is -0.548. The van der Waals surface area contributed by atoms with Gasteiger partial charge in [0.2, 0.25) is 0 Å². The van der Waals surface area contributed by atoms with E-state index < -0.39 is 6.04 Å². The molecule has 1 aromatic heterocycles. The first-order valence-electron chi connectivity index (χ1n) is 5.58. The van der Waals surface area contributed by atoms with Crippen LogP contribution in [-0.2, 0) is 0 Å². The highest BCUT2D eigenvalue weighted by molar-refractivity contribution is 5.76. The largest absolute Gasteiger partial charge is 0.394 e. The summed E-state index contributed by atoms with van der Waals surface area (Å²) in [5.74, 6) is 0.284. The smallest absolute Gasteiger partial charge is 0.129 e. The molecule has 0 aliphatic rings. The summed E-state index contributed by atoms with van der Waals surface area (Å²) in [7, 11) is 0. The molecular weight excluding hydrogens is 221 g/mol. The monoisotopic (exact) mass is 237 g/mol. The van der Waals surface area contributed by atoms with Gasteiger partial charge in [0.1, 0.15) is 11.6 Å². The van der Waals surface area contributed by atoms with Crippen molar-refractivity contribution in [2.45, 2.75) is 25.9 Å². The van der Waals surface area contributed by atoms with Crippen LogP contribution in [0.2, 0.25) is 0 Å². The molecule has 1 heterocycles. The second kappa shape index (κ2) is 4.43. The van der Waals surface area contributed by atoms with E-state index in [2.05, 4.69) is 4.98 Å². The fourth-order valence-corrected chi connectivity index (χ4v) is 1.97. The van der Waals surface area contributed by atoms with Gasteiger partial charge in [-0.1, -0.05) is 0 Å². The van der Waals surface area contributed by atoms with Crippen LogP contribution < -0.4 is 5.73 Å². The Bertz CT molecular complexity index is 536. The molecule has 1 aromatic carbocycles. The van der Waals surface area contributed by atoms with Crippen LogP contribution in [0.3, 0.4) is 0 Å². The van der Waals surface area contributed by atoms with Crippen molar-refractivity contribution < 1.29 is 9.50 Å². The molecule has 92 valence electrons. The van der Waals surface area contributed by atoms with Crippen molar-refractivity contribution in [3.05, 3.63) is 29.8 Å². The highest BCUT2D eigenvalue weighted by atomic mass is 19.1. The number of aliphatic hydroxyl groups is 1. The van der Waals surface area contributed by atoms with Crippen molar-refractivity contribution in [1.29, 1.82) is 0 Å². The number of nitrogens with zero attached hydrogens (tertiary/aromatic N) is 2. The van der Waals surface area contributed by atoms with Crippen LogP contribution in [0.1, 0.15) is 31.8 Å². The lowest BCUT2D eigenvalue weighted by Crippen LogP contribution is -2.20. The number of imidazole rings is 1. The van der Waals surface area contributed by atoms with Crippen LogP contribution in [-0.4, -0.2) is 21.3 Å². The molecule has 0 amide bonds. The molecule has 0 saturated heterocycles. The molecule has 0 radical (unpaired) electrons. The Hall–Kier alpha value is -1.46. The van der Waals surface area contributed by atoms with Gasteiger partial charge in [-0.05, 0) is 32.0 Å². The van der Waals surface area contributed by atoms with E-state index in [4.69, 9.17) is 10.8 Å². The van der Waals surface area contributed by atoms with E-state index >= 15 is 0 Å². The first-order chi connectivity index (χ1) is 8.04. The highest BCUT2D eigenvalue weighted by Gasteiger charge is 2.18. The van der Waals surface area contributed by atoms with Gasteiger partial charge in [0.05, 0.1) is 23.7 Å². The van der Waals surface area contributed by atoms with Crippen LogP contribution in [0, 0.1) is 5.82 Å². The molecule has 1 atom stereocenters. The number of hydrogen-bond acceptors (Lipinski definition) is 3. The number of benzene rings is 1. The zero-order valence-electron chi connectivity index (χ0n) is 9.89. The summed E-state index contributed by atoms with van der Waals surface area (Å²) >= 11 is 0. The summed E-state index contributed by atoms with van der Waals surface area (Å²) in [5, 5.41) is 9.12. The lowest BCUT2D eigenvalue weighted by Gasteiger charge is -2.16. The van der Waals surface area contributed by atoms with Crippen molar-refractivity contribution in [1.82, 2.24) is 9.55 Å². The highest BCUT2D eigenvalue weighted by Crippen LogP contribution is 2.24. The number of halogens is 1. The van der Waals surface area contributed by atoms with Gasteiger partial charge < -0.3 is 15.4 Å². The van der Waals surface area contributed by atoms with Crippen molar-refractivity contribution >= 4 is 11.0 Å². The van der Waals surface area contributed by atoms with E-state index in [0.29, 0.717) is 16.9 Å². The molecule has 17 heavy (non-hydrogen) atoms. The maximum absolute atomic E-state index is 13.3. The van der Waals surface area contributed by atoms with Gasteiger partial charge in [0.25, 0.3) is 0 Å². The van der Waals surface area contributed by atoms with Crippen molar-refractivity contribution in [2.75, 3.05) is 6.61 Å². The Labute approximate surface area is 98.9 Å². The topological polar surface area (TPSA) is 64.1 Å². The number of rotatable bonds is 3. The lowest BCUT2D eigenvalue weighted by atomic mass is 10.2. The third kappa shape index (κ3) is 2.03. The molecule has 0 saturated carbocycles. The van der Waals surface area contributed by atoms with Gasteiger partial charge in [-0.2, -0.15) is 0 Å². The third-order valence-corrected chi connectivity index (χ3v) is 2.72. The van der Waals surface area contributed by atoms with Gasteiger partial charge >= 0.3 is 0 Å². The molecule has 2 rings (SSSR count). The second-order valence-corrected chi connectivity index (χ2v) is 4.36. The number of hydrogen-bond donors (Lipinski definition) is 2. The molecule has 2 aromatic rings. The summed E-state index contributed by atoms with van der Waals surface area (Å²) in [6.07, 6.45) is 0. The average molecular weight is 237 g/mol. The molecule has 0 aliphatic heterocycles. The Morgan fingerprint density at radius 1 is 1.47 bits per heavy atom. The van der Waals surface area contributed by atoms with E-state index in [1.807, 2.05) is 18.4 Å². The standard InChI is InChI=1S/C12H16FN3O/c1-7(2)16-11-5-8(13)3-4-10(11)15-12(16)9(14)6-17/h3-5,7,9,17H,6,14H2,1-2H3. The van der Waals surface area contributed by atoms with Crippen LogP contribution in [0.15, 0.2) is 18.2 Å². The second-order valence-electron chi connectivity index (χ2n) is 4.36. The van der Waals surface area contributed by atoms with E-state index in [9.17, 15) is 4.39 Å². The summed E-state index contributed by atoms with van der Waals surface area (Å²) in [4.78, 5) is 4.36. The van der Waals surface area contributed by atoms with Gasteiger partial charge in [0, 0.05) is 6.04 Å². The van der Waals surface area contributed by atoms with Gasteiger partial charge in [-0.3, -0.25) is 0 Å². The first-order valence-corrected chi connectivity index (χ1v) is 5.58. The van der Waals surface area contributed by atoms with Crippen LogP contribution in [0.4, 0.5) is 4.39 Å². The molecule has 1 unspecified atom stereocenters. The molecule has 0 bridgehead atoms. The van der Waals surface area contributed by atoms with Crippen molar-refractivity contribution in [3.8, 4) is 0 Å². The SMILES string of the molecule is CC(C)n1c(C(N)CO)nc2ccc(F)cc21. The minimum Gasteiger partial charge on any atom is -0.394 e. The summed E-state index contributed by atoms with van der Waals surface area (Å²) in [5.41, 5.74) is 7.21. The van der Waals surface area contributed by atoms with Crippen LogP contribution >= 0.6 is 0 Å². The molecular formula is C12H16FN3O. The lowest BCUT2D eigenvalue weighted by molar-refractivity contribution is 0.260. The van der Waals surface area contributed by atoms with Crippen molar-refractivity contribution in [3.63, 3.8) is 0 Å². The van der Waals surface area contributed by atoms with Crippen LogP contribution in [0.25, 0.3) is 11.0 Å². The average Bonchev–Trinajstić information content (AvgIpc) is 2.66. The predicted octanol–water partition coefficient (Wildman–Crippen LogP) is 1.75. The fourth-order valence-electron chi connectivity index (χ4n) is 1.97. The Balaban J connectivity index is 2.71. The quantitative estimate of drug-likeness (QED) is 0.854. The molecule has 4 nitrogen and oxygen atoms in total. The summed E-state index contributed by atoms with van der Waals surface area (Å²) < 4.78 is 15.1. The predicted molar refractivity (Wildman–Crippen MR) is 64.1 cm³/mol. The maximum Gasteiger partial charge on any atom is 0.129 e. The Kier molecular flexibility index (Phi) is 3.13. The van der Waals surface area contributed by atoms with Crippen molar-refractivity contribution in [2.24, 2.45) is 5.73 Å². The number of fused-ring (bicyclic) bond motifs is 1. The molecule has 0 spiro atoms. The maximum atomic E-state index is 13.3. The zero-order valence-corrected chi connectivity index (χ0v) is 9.89. The third-order valence-electron chi connectivity index (χ3n) is 2.72. The van der Waals surface area contributed by atoms with Gasteiger partial charge in [0.15, 0.2) is 0 Å². The van der Waals surface area contributed by atoms with E-state index in [1.54, 1.807) is 6.07 Å². The van der Waals surface area contributed by atoms with E-state index in [1.165, 1.54) is 12.1 Å². The molecule has 5 heteroatoms. The first kappa shape index (κ1) is 12.0.